The lowest BCUT2D eigenvalue weighted by molar-refractivity contribution is 1.08. The molecule has 0 spiro atoms. The van der Waals surface area contributed by atoms with E-state index in [2.05, 4.69) is 109 Å². The monoisotopic (exact) mass is 568 g/mol. The van der Waals surface area contributed by atoms with Gasteiger partial charge >= 0.3 is 0 Å². The number of fused-ring (bicyclic) bond motifs is 2. The highest BCUT2D eigenvalue weighted by Crippen LogP contribution is 2.38. The van der Waals surface area contributed by atoms with Crippen LogP contribution in [0.2, 0.25) is 0 Å². The Morgan fingerprint density at radius 2 is 0.907 bits per heavy atom. The lowest BCUT2D eigenvalue weighted by atomic mass is 10.0. The van der Waals surface area contributed by atoms with Crippen LogP contribution in [0.25, 0.3) is 76.9 Å². The summed E-state index contributed by atoms with van der Waals surface area (Å²) < 4.78 is 1.09. The average molecular weight is 569 g/mol. The van der Waals surface area contributed by atoms with Crippen molar-refractivity contribution >= 4 is 32.3 Å². The number of hydrogen-bond donors (Lipinski definition) is 0. The second kappa shape index (κ2) is 10.7. The minimum Gasteiger partial charge on any atom is -0.235 e. The predicted octanol–water partition coefficient (Wildman–Crippen LogP) is 9.97. The molecule has 4 nitrogen and oxygen atoms in total. The van der Waals surface area contributed by atoms with Crippen LogP contribution in [0.3, 0.4) is 0 Å². The van der Waals surface area contributed by atoms with Gasteiger partial charge in [0.15, 0.2) is 17.5 Å². The Labute approximate surface area is 253 Å². The predicted molar refractivity (Wildman–Crippen MR) is 178 cm³/mol. The summed E-state index contributed by atoms with van der Waals surface area (Å²) >= 11 is 1.69. The molecule has 0 bridgehead atoms. The molecule has 0 aliphatic carbocycles. The van der Waals surface area contributed by atoms with Gasteiger partial charge in [-0.3, -0.25) is 0 Å². The maximum absolute atomic E-state index is 5.18. The van der Waals surface area contributed by atoms with Crippen molar-refractivity contribution in [2.75, 3.05) is 0 Å². The van der Waals surface area contributed by atoms with Gasteiger partial charge in [0, 0.05) is 22.3 Å². The average Bonchev–Trinajstić information content (AvgIpc) is 3.53. The van der Waals surface area contributed by atoms with Crippen molar-refractivity contribution in [2.45, 2.75) is 0 Å². The molecule has 202 valence electrons. The van der Waals surface area contributed by atoms with E-state index in [4.69, 9.17) is 19.9 Å². The number of para-hydroxylation sites is 1. The van der Waals surface area contributed by atoms with Crippen molar-refractivity contribution in [3.05, 3.63) is 146 Å². The van der Waals surface area contributed by atoms with Gasteiger partial charge in [0.2, 0.25) is 0 Å². The lowest BCUT2D eigenvalue weighted by Crippen LogP contribution is -2.00. The van der Waals surface area contributed by atoms with Crippen LogP contribution < -0.4 is 0 Å². The van der Waals surface area contributed by atoms with Crippen LogP contribution in [0, 0.1) is 0 Å². The van der Waals surface area contributed by atoms with Gasteiger partial charge in [0.1, 0.15) is 5.01 Å². The Morgan fingerprint density at radius 3 is 1.67 bits per heavy atom. The standard InChI is InChI=1S/C38H24N4S/c1-3-11-25(12-4-1)26-21-23-29(24-22-26)36-40-35(28-14-5-2-6-15-28)41-37(42-36)32-19-10-20-33-34(32)39-38(43-33)31-18-9-16-27-13-7-8-17-30(27)31/h1-24H. The molecule has 2 heterocycles. The highest BCUT2D eigenvalue weighted by atomic mass is 32.1. The van der Waals surface area contributed by atoms with Gasteiger partial charge in [-0.05, 0) is 34.0 Å². The van der Waals surface area contributed by atoms with Crippen LogP contribution in [-0.2, 0) is 0 Å². The summed E-state index contributed by atoms with van der Waals surface area (Å²) in [4.78, 5) is 20.1. The zero-order valence-electron chi connectivity index (χ0n) is 23.1. The van der Waals surface area contributed by atoms with E-state index < -0.39 is 0 Å². The number of nitrogens with zero attached hydrogens (tertiary/aromatic N) is 4. The first-order valence-electron chi connectivity index (χ1n) is 14.2. The summed E-state index contributed by atoms with van der Waals surface area (Å²) in [5, 5.41) is 3.37. The SMILES string of the molecule is c1ccc(-c2ccc(-c3nc(-c4ccccc4)nc(-c4cccc5sc(-c6cccc7ccccc67)nc45)n3)cc2)cc1. The van der Waals surface area contributed by atoms with E-state index in [-0.39, 0.29) is 0 Å². The Hall–Kier alpha value is -5.52. The van der Waals surface area contributed by atoms with Gasteiger partial charge in [-0.25, -0.2) is 19.9 Å². The summed E-state index contributed by atoms with van der Waals surface area (Å²) in [5.74, 6) is 1.87. The summed E-state index contributed by atoms with van der Waals surface area (Å²) in [6.45, 7) is 0. The fraction of sp³-hybridized carbons (Fsp3) is 0. The lowest BCUT2D eigenvalue weighted by Gasteiger charge is -2.09. The Balaban J connectivity index is 1.28. The molecule has 43 heavy (non-hydrogen) atoms. The molecule has 0 radical (unpaired) electrons. The molecule has 0 aliphatic heterocycles. The van der Waals surface area contributed by atoms with E-state index in [0.717, 1.165) is 43.0 Å². The zero-order valence-corrected chi connectivity index (χ0v) is 23.9. The minimum atomic E-state index is 0.608. The van der Waals surface area contributed by atoms with Gasteiger partial charge in [0.25, 0.3) is 0 Å². The molecule has 0 saturated carbocycles. The molecule has 6 aromatic carbocycles. The van der Waals surface area contributed by atoms with Crippen LogP contribution in [-0.4, -0.2) is 19.9 Å². The third-order valence-electron chi connectivity index (χ3n) is 7.60. The second-order valence-electron chi connectivity index (χ2n) is 10.3. The van der Waals surface area contributed by atoms with Crippen LogP contribution in [0.4, 0.5) is 0 Å². The summed E-state index contributed by atoms with van der Waals surface area (Å²) in [5.41, 5.74) is 7.11. The van der Waals surface area contributed by atoms with Crippen molar-refractivity contribution in [3.8, 4) is 55.9 Å². The highest BCUT2D eigenvalue weighted by Gasteiger charge is 2.17. The Kier molecular flexibility index (Phi) is 6.28. The second-order valence-corrected chi connectivity index (χ2v) is 11.3. The van der Waals surface area contributed by atoms with Crippen molar-refractivity contribution in [2.24, 2.45) is 0 Å². The first-order chi connectivity index (χ1) is 21.3. The van der Waals surface area contributed by atoms with Gasteiger partial charge in [-0.15, -0.1) is 11.3 Å². The van der Waals surface area contributed by atoms with Crippen LogP contribution >= 0.6 is 11.3 Å². The maximum Gasteiger partial charge on any atom is 0.166 e. The summed E-state index contributed by atoms with van der Waals surface area (Å²) in [6, 6.07) is 49.9. The third-order valence-corrected chi connectivity index (χ3v) is 8.65. The van der Waals surface area contributed by atoms with Crippen molar-refractivity contribution in [1.29, 1.82) is 0 Å². The van der Waals surface area contributed by atoms with Gasteiger partial charge in [-0.2, -0.15) is 0 Å². The van der Waals surface area contributed by atoms with E-state index in [1.807, 2.05) is 36.4 Å². The number of aromatic nitrogens is 4. The molecule has 8 rings (SSSR count). The molecule has 0 saturated heterocycles. The Morgan fingerprint density at radius 1 is 0.372 bits per heavy atom. The molecule has 2 aromatic heterocycles. The number of hydrogen-bond acceptors (Lipinski definition) is 5. The third kappa shape index (κ3) is 4.76. The van der Waals surface area contributed by atoms with E-state index in [1.165, 1.54) is 16.3 Å². The van der Waals surface area contributed by atoms with Crippen molar-refractivity contribution in [3.63, 3.8) is 0 Å². The quantitative estimate of drug-likeness (QED) is 0.207. The molecule has 0 atom stereocenters. The zero-order chi connectivity index (χ0) is 28.6. The summed E-state index contributed by atoms with van der Waals surface area (Å²) in [6.07, 6.45) is 0. The highest BCUT2D eigenvalue weighted by molar-refractivity contribution is 7.21. The molecular weight excluding hydrogens is 545 g/mol. The molecule has 8 aromatic rings. The maximum atomic E-state index is 5.18. The van der Waals surface area contributed by atoms with Gasteiger partial charge in [-0.1, -0.05) is 133 Å². The fourth-order valence-electron chi connectivity index (χ4n) is 5.44. The van der Waals surface area contributed by atoms with Crippen molar-refractivity contribution in [1.82, 2.24) is 19.9 Å². The first kappa shape index (κ1) is 25.2. The molecule has 0 aliphatic rings. The van der Waals surface area contributed by atoms with Crippen LogP contribution in [0.15, 0.2) is 146 Å². The topological polar surface area (TPSA) is 51.6 Å². The normalized spacial score (nSPS) is 11.3. The van der Waals surface area contributed by atoms with E-state index in [1.54, 1.807) is 11.3 Å². The van der Waals surface area contributed by atoms with E-state index in [0.29, 0.717) is 17.5 Å². The van der Waals surface area contributed by atoms with E-state index in [9.17, 15) is 0 Å². The molecule has 0 N–H and O–H groups in total. The number of rotatable bonds is 5. The number of thiazole rings is 1. The van der Waals surface area contributed by atoms with Gasteiger partial charge < -0.3 is 0 Å². The largest absolute Gasteiger partial charge is 0.235 e. The molecule has 0 fully saturated rings. The minimum absolute atomic E-state index is 0.608. The molecular formula is C38H24N4S. The van der Waals surface area contributed by atoms with Crippen molar-refractivity contribution < 1.29 is 0 Å². The van der Waals surface area contributed by atoms with Crippen LogP contribution in [0.5, 0.6) is 0 Å². The summed E-state index contributed by atoms with van der Waals surface area (Å²) in [7, 11) is 0. The van der Waals surface area contributed by atoms with E-state index >= 15 is 0 Å². The van der Waals surface area contributed by atoms with Gasteiger partial charge in [0.05, 0.1) is 10.2 Å². The van der Waals surface area contributed by atoms with Crippen LogP contribution in [0.1, 0.15) is 0 Å². The fourth-order valence-corrected chi connectivity index (χ4v) is 6.47. The molecule has 0 unspecified atom stereocenters. The first-order valence-corrected chi connectivity index (χ1v) is 15.0. The smallest absolute Gasteiger partial charge is 0.166 e. The molecule has 5 heteroatoms. The number of benzene rings is 6. The Bertz CT molecular complexity index is 2220. The molecule has 0 amide bonds.